The van der Waals surface area contributed by atoms with Gasteiger partial charge >= 0.3 is 0 Å². The number of anilines is 1. The molecule has 1 amide bonds. The number of nitrogens with one attached hydrogen (secondary N) is 1. The van der Waals surface area contributed by atoms with Crippen LogP contribution in [0.4, 0.5) is 5.69 Å². The Morgan fingerprint density at radius 1 is 0.844 bits per heavy atom. The fourth-order valence-corrected chi connectivity index (χ4v) is 3.33. The van der Waals surface area contributed by atoms with Crippen LogP contribution in [0.1, 0.15) is 30.6 Å². The normalized spacial score (nSPS) is 10.6. The quantitative estimate of drug-likeness (QED) is 0.303. The predicted octanol–water partition coefficient (Wildman–Crippen LogP) is 6.58. The summed E-state index contributed by atoms with van der Waals surface area (Å²) in [5.74, 6) is 2.66. The molecule has 0 aliphatic heterocycles. The maximum atomic E-state index is 12.6. The summed E-state index contributed by atoms with van der Waals surface area (Å²) < 4.78 is 17.8. The molecule has 0 unspecified atom stereocenters. The van der Waals surface area contributed by atoms with E-state index in [0.717, 1.165) is 22.4 Å². The van der Waals surface area contributed by atoms with Crippen LogP contribution in [0.5, 0.6) is 17.2 Å². The highest BCUT2D eigenvalue weighted by molar-refractivity contribution is 9.10. The standard InChI is InChI=1S/C26H28BrNO4/c1-19(2)14-15-32-25-13-8-20(18-24(25)27)26(29)28-21-9-11-23(12-10-21)31-17-16-30-22-6-4-3-5-7-22/h3-13,18-19H,14-17H2,1-2H3,(H,28,29). The molecular formula is C26H28BrNO4. The second kappa shape index (κ2) is 12.2. The lowest BCUT2D eigenvalue weighted by molar-refractivity contribution is 0.102. The number of hydrogen-bond donors (Lipinski definition) is 1. The van der Waals surface area contributed by atoms with Crippen molar-refractivity contribution in [3.05, 3.63) is 82.8 Å². The number of amides is 1. The third kappa shape index (κ3) is 7.61. The molecule has 3 aromatic carbocycles. The maximum Gasteiger partial charge on any atom is 0.255 e. The molecule has 3 rings (SSSR count). The molecule has 168 valence electrons. The number of hydrogen-bond acceptors (Lipinski definition) is 4. The van der Waals surface area contributed by atoms with E-state index in [9.17, 15) is 4.79 Å². The van der Waals surface area contributed by atoms with Crippen molar-refractivity contribution in [2.45, 2.75) is 20.3 Å². The lowest BCUT2D eigenvalue weighted by atomic mass is 10.1. The molecule has 32 heavy (non-hydrogen) atoms. The number of carbonyl (C=O) groups excluding carboxylic acids is 1. The van der Waals surface area contributed by atoms with Crippen LogP contribution in [-0.4, -0.2) is 25.7 Å². The van der Waals surface area contributed by atoms with Gasteiger partial charge in [-0.3, -0.25) is 4.79 Å². The monoisotopic (exact) mass is 497 g/mol. The van der Waals surface area contributed by atoms with Crippen molar-refractivity contribution in [2.24, 2.45) is 5.92 Å². The molecule has 0 radical (unpaired) electrons. The van der Waals surface area contributed by atoms with Gasteiger partial charge in [-0.05, 0) is 82.9 Å². The first-order valence-corrected chi connectivity index (χ1v) is 11.4. The minimum Gasteiger partial charge on any atom is -0.492 e. The highest BCUT2D eigenvalue weighted by Gasteiger charge is 2.10. The van der Waals surface area contributed by atoms with E-state index in [1.54, 1.807) is 12.1 Å². The van der Waals surface area contributed by atoms with E-state index < -0.39 is 0 Å². The summed E-state index contributed by atoms with van der Waals surface area (Å²) in [4.78, 5) is 12.6. The highest BCUT2D eigenvalue weighted by atomic mass is 79.9. The summed E-state index contributed by atoms with van der Waals surface area (Å²) in [7, 11) is 0. The fourth-order valence-electron chi connectivity index (χ4n) is 2.84. The van der Waals surface area contributed by atoms with Crippen LogP contribution in [0.25, 0.3) is 0 Å². The van der Waals surface area contributed by atoms with Gasteiger partial charge in [0, 0.05) is 11.3 Å². The van der Waals surface area contributed by atoms with E-state index in [2.05, 4.69) is 35.1 Å². The summed E-state index contributed by atoms with van der Waals surface area (Å²) in [6, 6.07) is 22.2. The van der Waals surface area contributed by atoms with Gasteiger partial charge in [-0.25, -0.2) is 0 Å². The first kappa shape index (κ1) is 23.7. The molecule has 0 saturated heterocycles. The van der Waals surface area contributed by atoms with Crippen molar-refractivity contribution < 1.29 is 19.0 Å². The van der Waals surface area contributed by atoms with E-state index in [1.807, 2.05) is 60.7 Å². The third-order valence-corrected chi connectivity index (χ3v) is 5.24. The number of halogens is 1. The van der Waals surface area contributed by atoms with Gasteiger partial charge in [0.05, 0.1) is 11.1 Å². The molecule has 0 bridgehead atoms. The van der Waals surface area contributed by atoms with Gasteiger partial charge in [0.1, 0.15) is 30.5 Å². The van der Waals surface area contributed by atoms with Crippen LogP contribution in [0.15, 0.2) is 77.3 Å². The molecule has 1 N–H and O–H groups in total. The van der Waals surface area contributed by atoms with E-state index in [1.165, 1.54) is 0 Å². The predicted molar refractivity (Wildman–Crippen MR) is 131 cm³/mol. The Bertz CT molecular complexity index is 990. The van der Waals surface area contributed by atoms with Gasteiger partial charge in [-0.2, -0.15) is 0 Å². The molecule has 0 aliphatic carbocycles. The zero-order chi connectivity index (χ0) is 22.8. The average Bonchev–Trinajstić information content (AvgIpc) is 2.79. The van der Waals surface area contributed by atoms with Gasteiger partial charge < -0.3 is 19.5 Å². The highest BCUT2D eigenvalue weighted by Crippen LogP contribution is 2.27. The second-order valence-corrected chi connectivity index (χ2v) is 8.52. The van der Waals surface area contributed by atoms with Gasteiger partial charge in [0.25, 0.3) is 5.91 Å². The largest absolute Gasteiger partial charge is 0.492 e. The third-order valence-electron chi connectivity index (χ3n) is 4.62. The van der Waals surface area contributed by atoms with E-state index in [0.29, 0.717) is 42.7 Å². The average molecular weight is 498 g/mol. The lowest BCUT2D eigenvalue weighted by Crippen LogP contribution is -2.12. The van der Waals surface area contributed by atoms with Crippen molar-refractivity contribution in [2.75, 3.05) is 25.1 Å². The van der Waals surface area contributed by atoms with Crippen LogP contribution in [0.2, 0.25) is 0 Å². The molecule has 0 atom stereocenters. The van der Waals surface area contributed by atoms with Crippen LogP contribution >= 0.6 is 15.9 Å². The summed E-state index contributed by atoms with van der Waals surface area (Å²) in [5.41, 5.74) is 1.24. The Labute approximate surface area is 197 Å². The van der Waals surface area contributed by atoms with Crippen LogP contribution in [0.3, 0.4) is 0 Å². The summed E-state index contributed by atoms with van der Waals surface area (Å²) in [5, 5.41) is 2.90. The van der Waals surface area contributed by atoms with Crippen LogP contribution in [0, 0.1) is 5.92 Å². The van der Waals surface area contributed by atoms with Crippen molar-refractivity contribution in [1.29, 1.82) is 0 Å². The second-order valence-electron chi connectivity index (χ2n) is 7.66. The Kier molecular flexibility index (Phi) is 8.99. The number of para-hydroxylation sites is 1. The van der Waals surface area contributed by atoms with Crippen molar-refractivity contribution in [3.8, 4) is 17.2 Å². The summed E-state index contributed by atoms with van der Waals surface area (Å²) >= 11 is 3.49. The van der Waals surface area contributed by atoms with Crippen LogP contribution < -0.4 is 19.5 Å². The SMILES string of the molecule is CC(C)CCOc1ccc(C(=O)Nc2ccc(OCCOc3ccccc3)cc2)cc1Br. The van der Waals surface area contributed by atoms with E-state index >= 15 is 0 Å². The van der Waals surface area contributed by atoms with E-state index in [4.69, 9.17) is 14.2 Å². The first-order chi connectivity index (χ1) is 15.5. The van der Waals surface area contributed by atoms with Gasteiger partial charge in [-0.1, -0.05) is 32.0 Å². The minimum atomic E-state index is -0.190. The molecule has 3 aromatic rings. The van der Waals surface area contributed by atoms with Crippen molar-refractivity contribution >= 4 is 27.5 Å². The minimum absolute atomic E-state index is 0.190. The molecule has 0 saturated carbocycles. The number of carbonyl (C=O) groups is 1. The Morgan fingerprint density at radius 3 is 2.12 bits per heavy atom. The Morgan fingerprint density at radius 2 is 1.50 bits per heavy atom. The first-order valence-electron chi connectivity index (χ1n) is 10.7. The molecule has 6 heteroatoms. The van der Waals surface area contributed by atoms with E-state index in [-0.39, 0.29) is 5.91 Å². The number of rotatable bonds is 11. The van der Waals surface area contributed by atoms with Gasteiger partial charge in [0.15, 0.2) is 0 Å². The Hall–Kier alpha value is -2.99. The number of benzene rings is 3. The fraction of sp³-hybridized carbons (Fsp3) is 0.269. The molecule has 0 spiro atoms. The summed E-state index contributed by atoms with van der Waals surface area (Å²) in [6.45, 7) is 5.85. The molecule has 0 aliphatic rings. The topological polar surface area (TPSA) is 56.8 Å². The molecule has 0 aromatic heterocycles. The van der Waals surface area contributed by atoms with Crippen molar-refractivity contribution in [3.63, 3.8) is 0 Å². The molecular weight excluding hydrogens is 470 g/mol. The van der Waals surface area contributed by atoms with Crippen molar-refractivity contribution in [1.82, 2.24) is 0 Å². The smallest absolute Gasteiger partial charge is 0.255 e. The Balaban J connectivity index is 1.46. The molecule has 5 nitrogen and oxygen atoms in total. The van der Waals surface area contributed by atoms with Gasteiger partial charge in [-0.15, -0.1) is 0 Å². The van der Waals surface area contributed by atoms with Gasteiger partial charge in [0.2, 0.25) is 0 Å². The zero-order valence-corrected chi connectivity index (χ0v) is 19.9. The zero-order valence-electron chi connectivity index (χ0n) is 18.3. The lowest BCUT2D eigenvalue weighted by Gasteiger charge is -2.12. The summed E-state index contributed by atoms with van der Waals surface area (Å²) in [6.07, 6.45) is 0.981. The van der Waals surface area contributed by atoms with Crippen LogP contribution in [-0.2, 0) is 0 Å². The molecule has 0 fully saturated rings. The number of ether oxygens (including phenoxy) is 3. The molecule has 0 heterocycles. The maximum absolute atomic E-state index is 12.6.